The zero-order chi connectivity index (χ0) is 22.5. The Kier molecular flexibility index (Phi) is 7.08. The Bertz CT molecular complexity index is 977. The van der Waals surface area contributed by atoms with Crippen LogP contribution in [0.1, 0.15) is 41.7 Å². The molecule has 1 amide bonds. The van der Waals surface area contributed by atoms with Crippen molar-refractivity contribution in [2.45, 2.75) is 37.8 Å². The molecule has 2 aromatic rings. The maximum Gasteiger partial charge on any atom is 0.272 e. The number of nitriles is 1. The van der Waals surface area contributed by atoms with Crippen molar-refractivity contribution < 1.29 is 9.53 Å². The molecule has 168 valence electrons. The predicted octanol–water partition coefficient (Wildman–Crippen LogP) is 2.87. The predicted molar refractivity (Wildman–Crippen MR) is 122 cm³/mol. The van der Waals surface area contributed by atoms with Crippen molar-refractivity contribution in [1.82, 2.24) is 20.4 Å². The van der Waals surface area contributed by atoms with Crippen LogP contribution in [0, 0.1) is 11.3 Å². The van der Waals surface area contributed by atoms with Gasteiger partial charge in [-0.15, -0.1) is 10.2 Å². The van der Waals surface area contributed by atoms with Gasteiger partial charge in [-0.3, -0.25) is 4.79 Å². The van der Waals surface area contributed by atoms with Crippen LogP contribution in [0.5, 0.6) is 5.75 Å². The summed E-state index contributed by atoms with van der Waals surface area (Å²) < 4.78 is 6.01. The Labute approximate surface area is 193 Å². The molecule has 1 aromatic carbocycles. The van der Waals surface area contributed by atoms with Crippen molar-refractivity contribution in [3.63, 3.8) is 0 Å². The average molecular weight is 455 g/mol. The molecule has 9 heteroatoms. The molecule has 0 radical (unpaired) electrons. The van der Waals surface area contributed by atoms with Gasteiger partial charge in [0.1, 0.15) is 11.8 Å². The van der Waals surface area contributed by atoms with E-state index in [0.29, 0.717) is 22.0 Å². The zero-order valence-electron chi connectivity index (χ0n) is 18.1. The van der Waals surface area contributed by atoms with E-state index in [2.05, 4.69) is 32.4 Å². The second kappa shape index (κ2) is 10.2. The molecular weight excluding hydrogens is 428 g/mol. The van der Waals surface area contributed by atoms with Crippen LogP contribution in [-0.2, 0) is 0 Å². The summed E-state index contributed by atoms with van der Waals surface area (Å²) >= 11 is 6.08. The van der Waals surface area contributed by atoms with E-state index in [-0.39, 0.29) is 18.1 Å². The van der Waals surface area contributed by atoms with Gasteiger partial charge in [0.15, 0.2) is 11.5 Å². The maximum atomic E-state index is 12.6. The maximum absolute atomic E-state index is 12.6. The quantitative estimate of drug-likeness (QED) is 0.742. The lowest BCUT2D eigenvalue weighted by atomic mass is 9.93. The van der Waals surface area contributed by atoms with Gasteiger partial charge in [-0.2, -0.15) is 5.26 Å². The number of piperazine rings is 1. The van der Waals surface area contributed by atoms with Gasteiger partial charge >= 0.3 is 0 Å². The number of nitrogens with zero attached hydrogens (tertiary/aromatic N) is 5. The molecule has 2 heterocycles. The molecule has 0 atom stereocenters. The number of carbonyl (C=O) groups excluding carboxylic acids is 1. The van der Waals surface area contributed by atoms with Crippen LogP contribution in [-0.4, -0.2) is 66.4 Å². The van der Waals surface area contributed by atoms with Crippen molar-refractivity contribution in [2.75, 3.05) is 38.1 Å². The highest BCUT2D eigenvalue weighted by Crippen LogP contribution is 2.27. The van der Waals surface area contributed by atoms with E-state index >= 15 is 0 Å². The molecule has 2 fully saturated rings. The lowest BCUT2D eigenvalue weighted by molar-refractivity contribution is 0.0888. The first-order chi connectivity index (χ1) is 15.5. The van der Waals surface area contributed by atoms with Gasteiger partial charge in [0.2, 0.25) is 0 Å². The van der Waals surface area contributed by atoms with Crippen LogP contribution in [0.25, 0.3) is 0 Å². The van der Waals surface area contributed by atoms with Gasteiger partial charge in [-0.1, -0.05) is 11.6 Å². The Hall–Kier alpha value is -2.89. The average Bonchev–Trinajstić information content (AvgIpc) is 2.81. The number of hydrogen-bond acceptors (Lipinski definition) is 7. The zero-order valence-corrected chi connectivity index (χ0v) is 18.9. The van der Waals surface area contributed by atoms with E-state index in [9.17, 15) is 4.79 Å². The third-order valence-electron chi connectivity index (χ3n) is 6.08. The molecular formula is C23H27ClN6O2. The first-order valence-corrected chi connectivity index (χ1v) is 11.3. The molecule has 0 unspecified atom stereocenters. The number of carbonyl (C=O) groups is 1. The number of anilines is 1. The summed E-state index contributed by atoms with van der Waals surface area (Å²) in [5.41, 5.74) is 0.776. The minimum atomic E-state index is -0.189. The standard InChI is InChI=1S/C23H27ClN6O2/c1-29-10-12-30(13-11-29)22-9-8-21(27-28-22)23(31)26-17-3-6-18(7-4-17)32-19-5-2-16(15-25)20(24)14-19/h2,5,8-9,14,17-18H,3-4,6-7,10-13H2,1H3,(H,26,31). The third kappa shape index (κ3) is 5.47. The Morgan fingerprint density at radius 1 is 1.12 bits per heavy atom. The monoisotopic (exact) mass is 454 g/mol. The van der Waals surface area contributed by atoms with E-state index in [0.717, 1.165) is 57.7 Å². The van der Waals surface area contributed by atoms with Crippen LogP contribution >= 0.6 is 11.6 Å². The lowest BCUT2D eigenvalue weighted by Crippen LogP contribution is -2.45. The van der Waals surface area contributed by atoms with Gasteiger partial charge in [0, 0.05) is 38.3 Å². The van der Waals surface area contributed by atoms with Crippen molar-refractivity contribution in [1.29, 1.82) is 5.26 Å². The molecule has 0 bridgehead atoms. The third-order valence-corrected chi connectivity index (χ3v) is 6.40. The second-order valence-corrected chi connectivity index (χ2v) is 8.79. The van der Waals surface area contributed by atoms with Crippen LogP contribution in [0.4, 0.5) is 5.82 Å². The lowest BCUT2D eigenvalue weighted by Gasteiger charge is -2.32. The second-order valence-electron chi connectivity index (χ2n) is 8.39. The number of likely N-dealkylation sites (N-methyl/N-ethyl adjacent to an activating group) is 1. The number of ether oxygens (including phenoxy) is 1. The SMILES string of the molecule is CN1CCN(c2ccc(C(=O)NC3CCC(Oc4ccc(C#N)c(Cl)c4)CC3)nn2)CC1. The van der Waals surface area contributed by atoms with Gasteiger partial charge in [0.05, 0.1) is 16.7 Å². The summed E-state index contributed by atoms with van der Waals surface area (Å²) in [4.78, 5) is 17.1. The Morgan fingerprint density at radius 3 is 2.50 bits per heavy atom. The topological polar surface area (TPSA) is 94.4 Å². The van der Waals surface area contributed by atoms with Crippen LogP contribution in [0.15, 0.2) is 30.3 Å². The molecule has 1 aromatic heterocycles. The fourth-order valence-electron chi connectivity index (χ4n) is 4.09. The Balaban J connectivity index is 1.24. The molecule has 1 aliphatic heterocycles. The number of benzene rings is 1. The highest BCUT2D eigenvalue weighted by molar-refractivity contribution is 6.31. The first kappa shape index (κ1) is 22.3. The van der Waals surface area contributed by atoms with Gasteiger partial charge < -0.3 is 19.9 Å². The normalized spacial score (nSPS) is 21.6. The number of halogens is 1. The van der Waals surface area contributed by atoms with Crippen molar-refractivity contribution in [2.24, 2.45) is 0 Å². The molecule has 0 spiro atoms. The van der Waals surface area contributed by atoms with Crippen LogP contribution in [0.2, 0.25) is 5.02 Å². The highest BCUT2D eigenvalue weighted by atomic mass is 35.5. The number of rotatable bonds is 5. The van der Waals surface area contributed by atoms with Crippen LogP contribution in [0.3, 0.4) is 0 Å². The van der Waals surface area contributed by atoms with Gasteiger partial charge in [0.25, 0.3) is 5.91 Å². The fraction of sp³-hybridized carbons (Fsp3) is 0.478. The van der Waals surface area contributed by atoms with Crippen LogP contribution < -0.4 is 15.0 Å². The molecule has 1 saturated heterocycles. The Morgan fingerprint density at radius 2 is 1.88 bits per heavy atom. The summed E-state index contributed by atoms with van der Waals surface area (Å²) in [6.07, 6.45) is 3.38. The molecule has 32 heavy (non-hydrogen) atoms. The number of hydrogen-bond donors (Lipinski definition) is 1. The fourth-order valence-corrected chi connectivity index (χ4v) is 4.30. The van der Waals surface area contributed by atoms with Crippen molar-refractivity contribution in [3.05, 3.63) is 46.6 Å². The number of nitrogens with one attached hydrogen (secondary N) is 1. The van der Waals surface area contributed by atoms with E-state index in [1.54, 1.807) is 24.3 Å². The highest BCUT2D eigenvalue weighted by Gasteiger charge is 2.25. The smallest absolute Gasteiger partial charge is 0.272 e. The van der Waals surface area contributed by atoms with Crippen molar-refractivity contribution in [3.8, 4) is 11.8 Å². The summed E-state index contributed by atoms with van der Waals surface area (Å²) in [5.74, 6) is 1.29. The molecule has 8 nitrogen and oxygen atoms in total. The molecule has 2 aliphatic rings. The number of amides is 1. The van der Waals surface area contributed by atoms with Crippen molar-refractivity contribution >= 4 is 23.3 Å². The summed E-state index contributed by atoms with van der Waals surface area (Å²) in [7, 11) is 2.11. The summed E-state index contributed by atoms with van der Waals surface area (Å²) in [5, 5.41) is 20.9. The molecule has 4 rings (SSSR count). The van der Waals surface area contributed by atoms with Gasteiger partial charge in [-0.05, 0) is 57.0 Å². The largest absolute Gasteiger partial charge is 0.490 e. The minimum absolute atomic E-state index is 0.0646. The van der Waals surface area contributed by atoms with Gasteiger partial charge in [-0.25, -0.2) is 0 Å². The van der Waals surface area contributed by atoms with E-state index < -0.39 is 0 Å². The molecule has 1 N–H and O–H groups in total. The number of aromatic nitrogens is 2. The minimum Gasteiger partial charge on any atom is -0.490 e. The van der Waals surface area contributed by atoms with E-state index in [1.165, 1.54) is 0 Å². The first-order valence-electron chi connectivity index (χ1n) is 11.0. The summed E-state index contributed by atoms with van der Waals surface area (Å²) in [6.45, 7) is 3.82. The van der Waals surface area contributed by atoms with E-state index in [1.807, 2.05) is 12.1 Å². The molecule has 1 saturated carbocycles. The molecule has 1 aliphatic carbocycles. The summed E-state index contributed by atoms with van der Waals surface area (Å²) in [6, 6.07) is 10.9. The van der Waals surface area contributed by atoms with E-state index in [4.69, 9.17) is 21.6 Å².